The number of aliphatic carboxylic acids is 2. The van der Waals surface area contributed by atoms with Crippen molar-refractivity contribution in [2.75, 3.05) is 0 Å². The Bertz CT molecular complexity index is 2240. The van der Waals surface area contributed by atoms with Gasteiger partial charge in [-0.1, -0.05) is 43.5 Å². The Balaban J connectivity index is 0.000000832. The Hall–Kier alpha value is -3.54. The summed E-state index contributed by atoms with van der Waals surface area (Å²) in [4.78, 5) is 35.4. The zero-order valence-electron chi connectivity index (χ0n) is 33.4. The summed E-state index contributed by atoms with van der Waals surface area (Å²) in [5, 5.41) is 17.4. The number of halogens is 7. The Morgan fingerprint density at radius 1 is 0.712 bits per heavy atom. The SMILES string of the molecule is CC(=O)O.CC(=O)O.CCCc1ccc2c(-c3cc(C)c(F)c(C)c3)ncnc2c1.Cc1cc(-c2ncnc3cc(Cl)ccc23)cc(C)c1F.[CH2-]CC(F)(F)F.[Pd].[Zn+][I]. The molecule has 0 aliphatic carbocycles. The Kier molecular flexibility index (Phi) is 25.7. The van der Waals surface area contributed by atoms with Gasteiger partial charge in [0.15, 0.2) is 0 Å². The average molecular weight is 1100 g/mol. The van der Waals surface area contributed by atoms with Crippen LogP contribution in [0.3, 0.4) is 0 Å². The predicted molar refractivity (Wildman–Crippen MR) is 224 cm³/mol. The summed E-state index contributed by atoms with van der Waals surface area (Å²) < 4.78 is 59.8. The van der Waals surface area contributed by atoms with Crippen molar-refractivity contribution in [2.45, 2.75) is 73.9 Å². The van der Waals surface area contributed by atoms with Gasteiger partial charge in [0, 0.05) is 61.2 Å². The van der Waals surface area contributed by atoms with Gasteiger partial charge in [-0.2, -0.15) is 13.2 Å². The molecule has 0 amide bonds. The molecule has 2 N–H and O–H groups in total. The van der Waals surface area contributed by atoms with Gasteiger partial charge < -0.3 is 17.1 Å². The van der Waals surface area contributed by atoms with E-state index in [1.807, 2.05) is 18.2 Å². The number of fused-ring (bicyclic) bond motifs is 2. The van der Waals surface area contributed by atoms with Crippen LogP contribution in [0, 0.1) is 46.3 Å². The van der Waals surface area contributed by atoms with E-state index in [9.17, 15) is 22.0 Å². The molecule has 0 radical (unpaired) electrons. The summed E-state index contributed by atoms with van der Waals surface area (Å²) in [5.74, 6) is -1.98. The number of rotatable bonds is 4. The molecule has 0 aliphatic rings. The number of benzene rings is 4. The second-order valence-electron chi connectivity index (χ2n) is 12.5. The van der Waals surface area contributed by atoms with Gasteiger partial charge in [0.05, 0.1) is 22.4 Å². The zero-order valence-corrected chi connectivity index (χ0v) is 40.9. The summed E-state index contributed by atoms with van der Waals surface area (Å²) in [5.41, 5.74) is 8.99. The fraction of sp³-hybridized carbons (Fsp3) is 0.262. The van der Waals surface area contributed by atoms with Crippen molar-refractivity contribution in [3.8, 4) is 22.5 Å². The molecular weight excluding hydrogens is 1050 g/mol. The predicted octanol–water partition coefficient (Wildman–Crippen LogP) is 12.5. The van der Waals surface area contributed by atoms with Gasteiger partial charge >= 0.3 is 40.7 Å². The Morgan fingerprint density at radius 2 is 1.05 bits per heavy atom. The first kappa shape index (κ1) is 55.5. The van der Waals surface area contributed by atoms with E-state index in [1.54, 1.807) is 58.3 Å². The molecule has 17 heteroatoms. The number of carboxylic acids is 2. The molecule has 2 aromatic heterocycles. The van der Waals surface area contributed by atoms with E-state index in [2.05, 4.69) is 71.7 Å². The van der Waals surface area contributed by atoms with Crippen LogP contribution in [0.5, 0.6) is 0 Å². The van der Waals surface area contributed by atoms with E-state index >= 15 is 0 Å². The number of aromatic nitrogens is 4. The fourth-order valence-electron chi connectivity index (χ4n) is 5.20. The van der Waals surface area contributed by atoms with E-state index in [0.717, 1.165) is 71.0 Å². The van der Waals surface area contributed by atoms with Crippen LogP contribution >= 0.6 is 31.4 Å². The molecule has 0 aliphatic heterocycles. The summed E-state index contributed by atoms with van der Waals surface area (Å²) in [6.07, 6.45) is 0.195. The maximum atomic E-state index is 13.8. The van der Waals surface area contributed by atoms with Crippen molar-refractivity contribution in [2.24, 2.45) is 0 Å². The molecule has 6 aromatic rings. The topological polar surface area (TPSA) is 126 Å². The van der Waals surface area contributed by atoms with Crippen molar-refractivity contribution in [3.63, 3.8) is 0 Å². The Morgan fingerprint density at radius 3 is 1.39 bits per heavy atom. The van der Waals surface area contributed by atoms with Gasteiger partial charge in [0.1, 0.15) is 24.3 Å². The van der Waals surface area contributed by atoms with Crippen molar-refractivity contribution < 1.29 is 77.0 Å². The van der Waals surface area contributed by atoms with E-state index in [4.69, 9.17) is 31.4 Å². The number of alkyl halides is 3. The van der Waals surface area contributed by atoms with Crippen molar-refractivity contribution in [3.05, 3.63) is 125 Å². The second kappa shape index (κ2) is 27.3. The average Bonchev–Trinajstić information content (AvgIpc) is 3.15. The van der Waals surface area contributed by atoms with Gasteiger partial charge in [0.2, 0.25) is 0 Å². The quantitative estimate of drug-likeness (QED) is 0.0774. The number of carbonyl (C=O) groups is 2. The first-order chi connectivity index (χ1) is 27.2. The molecule has 2 heterocycles. The molecule has 6 rings (SSSR count). The third-order valence-corrected chi connectivity index (χ3v) is 7.78. The molecule has 0 saturated heterocycles. The number of nitrogens with zero attached hydrogens (tertiary/aromatic N) is 4. The molecule has 4 aromatic carbocycles. The molecule has 316 valence electrons. The second-order valence-corrected chi connectivity index (χ2v) is 12.9. The first-order valence-electron chi connectivity index (χ1n) is 17.4. The number of hydrogen-bond acceptors (Lipinski definition) is 6. The normalized spacial score (nSPS) is 10.1. The van der Waals surface area contributed by atoms with Gasteiger partial charge in [0.25, 0.3) is 11.9 Å². The standard InChI is InChI=1S/C19H19FN2.C16H12ClFN2.C3H4F3.2C2H4O2.HI.Pd.Zn/c1-4-5-14-6-7-16-17(10-14)21-11-22-19(16)15-8-12(2)18(20)13(3)9-15;1-9-5-11(6-10(2)15(9)18)16-13-4-3-12(17)7-14(13)19-8-20-16;1-2-3(4,5)6;2*1-2(3)4;;;/h6-11H,4-5H2,1-3H3;3-8H,1-2H3;1-2H2;2*1H3,(H,3,4);1H;;/q;;-1;;;;;+2/p-1. The van der Waals surface area contributed by atoms with E-state index in [1.165, 1.54) is 26.7 Å². The summed E-state index contributed by atoms with van der Waals surface area (Å²) in [6, 6.07) is 19.1. The van der Waals surface area contributed by atoms with Crippen LogP contribution in [0.2, 0.25) is 5.02 Å². The maximum absolute atomic E-state index is 13.8. The molecular formula is C42H43ClF5IN4O4PdZn. The van der Waals surface area contributed by atoms with Crippen molar-refractivity contribution >= 4 is 65.1 Å². The number of aryl methyl sites for hydroxylation is 5. The van der Waals surface area contributed by atoms with Crippen LogP contribution in [-0.4, -0.2) is 48.3 Å². The van der Waals surface area contributed by atoms with Crippen molar-refractivity contribution in [1.29, 1.82) is 0 Å². The van der Waals surface area contributed by atoms with Crippen LogP contribution in [0.1, 0.15) is 61.4 Å². The Labute approximate surface area is 380 Å². The van der Waals surface area contributed by atoms with Gasteiger partial charge in [-0.05, 0) is 110 Å². The summed E-state index contributed by atoms with van der Waals surface area (Å²) >= 11 is 9.60. The molecule has 0 saturated carbocycles. The van der Waals surface area contributed by atoms with Gasteiger partial charge in [-0.3, -0.25) is 9.59 Å². The van der Waals surface area contributed by atoms with E-state index < -0.39 is 24.5 Å². The number of carboxylic acid groups (broad SMARTS) is 2. The summed E-state index contributed by atoms with van der Waals surface area (Å²) in [7, 11) is 0. The summed E-state index contributed by atoms with van der Waals surface area (Å²) in [6.45, 7) is 14.0. The van der Waals surface area contributed by atoms with Crippen LogP contribution in [0.4, 0.5) is 22.0 Å². The third kappa shape index (κ3) is 19.2. The van der Waals surface area contributed by atoms with E-state index in [0.29, 0.717) is 27.3 Å². The molecule has 0 fully saturated rings. The molecule has 59 heavy (non-hydrogen) atoms. The van der Waals surface area contributed by atoms with E-state index in [-0.39, 0.29) is 32.1 Å². The van der Waals surface area contributed by atoms with Gasteiger partial charge in [-0.25, -0.2) is 28.7 Å². The monoisotopic (exact) mass is 1090 g/mol. The third-order valence-electron chi connectivity index (χ3n) is 7.54. The molecule has 0 atom stereocenters. The first-order valence-corrected chi connectivity index (χ1v) is 26.8. The fourth-order valence-corrected chi connectivity index (χ4v) is 5.37. The van der Waals surface area contributed by atoms with Crippen LogP contribution in [0.25, 0.3) is 44.3 Å². The van der Waals surface area contributed by atoms with Crippen molar-refractivity contribution in [1.82, 2.24) is 19.9 Å². The van der Waals surface area contributed by atoms with Crippen LogP contribution < -0.4 is 0 Å². The minimum absolute atomic E-state index is 0. The van der Waals surface area contributed by atoms with Gasteiger partial charge in [-0.15, -0.1) is 0 Å². The van der Waals surface area contributed by atoms with Crippen LogP contribution in [0.15, 0.2) is 73.3 Å². The molecule has 0 bridgehead atoms. The molecule has 0 unspecified atom stereocenters. The number of hydrogen-bond donors (Lipinski definition) is 2. The minimum atomic E-state index is -4.07. The van der Waals surface area contributed by atoms with Crippen LogP contribution in [-0.2, 0) is 51.2 Å². The zero-order chi connectivity index (χ0) is 44.3. The molecule has 8 nitrogen and oxygen atoms in total. The molecule has 0 spiro atoms.